The molecule has 0 fully saturated rings. The van der Waals surface area contributed by atoms with Crippen molar-refractivity contribution >= 4 is 5.78 Å². The molecule has 0 radical (unpaired) electrons. The van der Waals surface area contributed by atoms with Gasteiger partial charge in [-0.1, -0.05) is 26.2 Å². The number of halogens is 2. The van der Waals surface area contributed by atoms with Gasteiger partial charge in [-0.05, 0) is 6.42 Å². The third-order valence-electron chi connectivity index (χ3n) is 2.79. The van der Waals surface area contributed by atoms with E-state index >= 15 is 0 Å². The van der Waals surface area contributed by atoms with E-state index in [1.807, 2.05) is 0 Å². The van der Waals surface area contributed by atoms with Crippen LogP contribution in [0, 0.1) is 11.6 Å². The Balaban J connectivity index is 2.73. The van der Waals surface area contributed by atoms with E-state index in [1.54, 1.807) is 0 Å². The zero-order chi connectivity index (χ0) is 13.5. The second-order valence-electron chi connectivity index (χ2n) is 4.20. The smallest absolute Gasteiger partial charge is 0.168 e. The van der Waals surface area contributed by atoms with Crippen molar-refractivity contribution in [3.63, 3.8) is 0 Å². The van der Waals surface area contributed by atoms with E-state index in [2.05, 4.69) is 6.92 Å². The number of methoxy groups -OCH3 is 1. The fourth-order valence-corrected chi connectivity index (χ4v) is 1.77. The topological polar surface area (TPSA) is 26.3 Å². The summed E-state index contributed by atoms with van der Waals surface area (Å²) >= 11 is 0. The second-order valence-corrected chi connectivity index (χ2v) is 4.20. The van der Waals surface area contributed by atoms with Crippen molar-refractivity contribution in [2.45, 2.75) is 39.0 Å². The van der Waals surface area contributed by atoms with Crippen LogP contribution in [-0.2, 0) is 0 Å². The van der Waals surface area contributed by atoms with Crippen LogP contribution in [0.5, 0.6) is 5.75 Å². The van der Waals surface area contributed by atoms with Crippen molar-refractivity contribution in [1.29, 1.82) is 0 Å². The molecule has 0 aliphatic heterocycles. The van der Waals surface area contributed by atoms with E-state index in [1.165, 1.54) is 7.11 Å². The van der Waals surface area contributed by atoms with E-state index in [-0.39, 0.29) is 12.2 Å². The molecule has 0 aliphatic rings. The Morgan fingerprint density at radius 2 is 1.78 bits per heavy atom. The van der Waals surface area contributed by atoms with Crippen LogP contribution < -0.4 is 4.74 Å². The monoisotopic (exact) mass is 256 g/mol. The van der Waals surface area contributed by atoms with Gasteiger partial charge >= 0.3 is 0 Å². The van der Waals surface area contributed by atoms with Gasteiger partial charge in [0.15, 0.2) is 5.78 Å². The Morgan fingerprint density at radius 3 is 2.28 bits per heavy atom. The number of rotatable bonds is 7. The van der Waals surface area contributed by atoms with Crippen molar-refractivity contribution in [2.24, 2.45) is 0 Å². The predicted octanol–water partition coefficient (Wildman–Crippen LogP) is 4.13. The van der Waals surface area contributed by atoms with Crippen LogP contribution in [0.4, 0.5) is 8.78 Å². The molecule has 1 aromatic carbocycles. The van der Waals surface area contributed by atoms with E-state index in [4.69, 9.17) is 4.74 Å². The SMILES string of the molecule is CCCCCCC(=O)c1c(F)cc(OC)cc1F. The van der Waals surface area contributed by atoms with Crippen LogP contribution in [0.3, 0.4) is 0 Å². The van der Waals surface area contributed by atoms with Gasteiger partial charge in [0.25, 0.3) is 0 Å². The first-order valence-electron chi connectivity index (χ1n) is 6.16. The molecule has 0 spiro atoms. The molecule has 0 N–H and O–H groups in total. The maximum absolute atomic E-state index is 13.6. The lowest BCUT2D eigenvalue weighted by atomic mass is 10.0. The van der Waals surface area contributed by atoms with Gasteiger partial charge in [0.2, 0.25) is 0 Å². The highest BCUT2D eigenvalue weighted by Crippen LogP contribution is 2.22. The Morgan fingerprint density at radius 1 is 1.17 bits per heavy atom. The van der Waals surface area contributed by atoms with Gasteiger partial charge in [0.05, 0.1) is 12.7 Å². The number of hydrogen-bond donors (Lipinski definition) is 0. The molecule has 18 heavy (non-hydrogen) atoms. The lowest BCUT2D eigenvalue weighted by Crippen LogP contribution is -2.06. The van der Waals surface area contributed by atoms with Crippen molar-refractivity contribution < 1.29 is 18.3 Å². The van der Waals surface area contributed by atoms with E-state index in [0.717, 1.165) is 31.4 Å². The van der Waals surface area contributed by atoms with Gasteiger partial charge in [0, 0.05) is 18.6 Å². The maximum Gasteiger partial charge on any atom is 0.168 e. The van der Waals surface area contributed by atoms with Crippen molar-refractivity contribution in [2.75, 3.05) is 7.11 Å². The maximum atomic E-state index is 13.6. The third-order valence-corrected chi connectivity index (χ3v) is 2.79. The molecule has 0 saturated carbocycles. The summed E-state index contributed by atoms with van der Waals surface area (Å²) < 4.78 is 31.9. The molecular weight excluding hydrogens is 238 g/mol. The van der Waals surface area contributed by atoms with Gasteiger partial charge in [-0.3, -0.25) is 4.79 Å². The van der Waals surface area contributed by atoms with E-state index in [9.17, 15) is 13.6 Å². The number of ether oxygens (including phenoxy) is 1. The first kappa shape index (κ1) is 14.6. The molecule has 0 bridgehead atoms. The molecule has 0 unspecified atom stereocenters. The lowest BCUT2D eigenvalue weighted by molar-refractivity contribution is 0.0971. The molecule has 2 nitrogen and oxygen atoms in total. The Labute approximate surface area is 106 Å². The molecule has 0 aromatic heterocycles. The van der Waals surface area contributed by atoms with Crippen LogP contribution in [0.1, 0.15) is 49.4 Å². The number of ketones is 1. The summed E-state index contributed by atoms with van der Waals surface area (Å²) in [7, 11) is 1.32. The Bertz CT molecular complexity index is 393. The van der Waals surface area contributed by atoms with Crippen LogP contribution in [0.15, 0.2) is 12.1 Å². The number of hydrogen-bond acceptors (Lipinski definition) is 2. The van der Waals surface area contributed by atoms with Crippen LogP contribution >= 0.6 is 0 Å². The summed E-state index contributed by atoms with van der Waals surface area (Å²) in [4.78, 5) is 11.7. The first-order valence-corrected chi connectivity index (χ1v) is 6.16. The van der Waals surface area contributed by atoms with Crippen LogP contribution in [-0.4, -0.2) is 12.9 Å². The molecule has 1 aromatic rings. The summed E-state index contributed by atoms with van der Waals surface area (Å²) in [6.07, 6.45) is 3.83. The summed E-state index contributed by atoms with van der Waals surface area (Å²) in [5.74, 6) is -2.11. The Hall–Kier alpha value is -1.45. The largest absolute Gasteiger partial charge is 0.497 e. The number of carbonyl (C=O) groups excluding carboxylic acids is 1. The van der Waals surface area contributed by atoms with Gasteiger partial charge in [-0.25, -0.2) is 8.78 Å². The number of carbonyl (C=O) groups is 1. The van der Waals surface area contributed by atoms with E-state index in [0.29, 0.717) is 6.42 Å². The molecule has 0 atom stereocenters. The third kappa shape index (κ3) is 3.79. The predicted molar refractivity (Wildman–Crippen MR) is 66.0 cm³/mol. The number of unbranched alkanes of at least 4 members (excludes halogenated alkanes) is 3. The molecule has 0 heterocycles. The number of Topliss-reactive ketones (excluding diaryl/α,β-unsaturated/α-hetero) is 1. The minimum atomic E-state index is -0.854. The van der Waals surface area contributed by atoms with Gasteiger partial charge < -0.3 is 4.74 Å². The minimum Gasteiger partial charge on any atom is -0.497 e. The first-order chi connectivity index (χ1) is 8.60. The van der Waals surface area contributed by atoms with Crippen LogP contribution in [0.25, 0.3) is 0 Å². The average molecular weight is 256 g/mol. The Kier molecular flexibility index (Phi) is 5.75. The van der Waals surface area contributed by atoms with Crippen molar-refractivity contribution in [1.82, 2.24) is 0 Å². The molecule has 0 amide bonds. The van der Waals surface area contributed by atoms with Crippen LogP contribution in [0.2, 0.25) is 0 Å². The molecule has 4 heteroatoms. The molecule has 1 rings (SSSR count). The highest BCUT2D eigenvalue weighted by atomic mass is 19.1. The molecule has 0 saturated heterocycles. The average Bonchev–Trinajstić information content (AvgIpc) is 2.33. The zero-order valence-electron chi connectivity index (χ0n) is 10.8. The number of benzene rings is 1. The summed E-state index contributed by atoms with van der Waals surface area (Å²) in [6, 6.07) is 2.06. The highest BCUT2D eigenvalue weighted by Gasteiger charge is 2.18. The lowest BCUT2D eigenvalue weighted by Gasteiger charge is -2.06. The quantitative estimate of drug-likeness (QED) is 0.541. The van der Waals surface area contributed by atoms with Crippen molar-refractivity contribution in [3.05, 3.63) is 29.3 Å². The second kappa shape index (κ2) is 7.09. The summed E-state index contributed by atoms with van der Waals surface area (Å²) in [6.45, 7) is 2.06. The zero-order valence-corrected chi connectivity index (χ0v) is 10.8. The molecule has 100 valence electrons. The van der Waals surface area contributed by atoms with Crippen molar-refractivity contribution in [3.8, 4) is 5.75 Å². The normalized spacial score (nSPS) is 10.4. The summed E-state index contributed by atoms with van der Waals surface area (Å²) in [5, 5.41) is 0. The fourth-order valence-electron chi connectivity index (χ4n) is 1.77. The highest BCUT2D eigenvalue weighted by molar-refractivity contribution is 5.96. The van der Waals surface area contributed by atoms with E-state index < -0.39 is 23.0 Å². The van der Waals surface area contributed by atoms with Gasteiger partial charge in [-0.2, -0.15) is 0 Å². The fraction of sp³-hybridized carbons (Fsp3) is 0.500. The minimum absolute atomic E-state index is 0.0764. The van der Waals surface area contributed by atoms with Gasteiger partial charge in [-0.15, -0.1) is 0 Å². The standard InChI is InChI=1S/C14H18F2O2/c1-3-4-5-6-7-13(17)14-11(15)8-10(18-2)9-12(14)16/h8-9H,3-7H2,1-2H3. The van der Waals surface area contributed by atoms with Gasteiger partial charge in [0.1, 0.15) is 17.4 Å². The molecule has 0 aliphatic carbocycles. The molecular formula is C14H18F2O2. The summed E-state index contributed by atoms with van der Waals surface area (Å²) in [5.41, 5.74) is -0.452.